The van der Waals surface area contributed by atoms with Gasteiger partial charge in [0.25, 0.3) is 0 Å². The van der Waals surface area contributed by atoms with Gasteiger partial charge >= 0.3 is 0 Å². The van der Waals surface area contributed by atoms with Crippen molar-refractivity contribution in [1.82, 2.24) is 10.2 Å². The van der Waals surface area contributed by atoms with Gasteiger partial charge in [0.05, 0.1) is 0 Å². The highest BCUT2D eigenvalue weighted by atomic mass is 19.1. The van der Waals surface area contributed by atoms with Crippen molar-refractivity contribution in [3.8, 4) is 0 Å². The number of nitrogens with one attached hydrogen (secondary N) is 1. The Morgan fingerprint density at radius 3 is 2.10 bits per heavy atom. The number of rotatable bonds is 9. The van der Waals surface area contributed by atoms with Crippen molar-refractivity contribution in [2.75, 3.05) is 0 Å². The molecule has 4 nitrogen and oxygen atoms in total. The Kier molecular flexibility index (Phi) is 7.93. The van der Waals surface area contributed by atoms with Crippen LogP contribution in [-0.2, 0) is 22.7 Å². The van der Waals surface area contributed by atoms with Crippen molar-refractivity contribution in [2.45, 2.75) is 38.9 Å². The summed E-state index contributed by atoms with van der Waals surface area (Å²) >= 11 is 0. The monoisotopic (exact) mass is 418 g/mol. The molecule has 0 bridgehead atoms. The van der Waals surface area contributed by atoms with E-state index in [4.69, 9.17) is 0 Å². The first-order chi connectivity index (χ1) is 15.1. The van der Waals surface area contributed by atoms with E-state index >= 15 is 0 Å². The van der Waals surface area contributed by atoms with E-state index in [1.807, 2.05) is 67.6 Å². The van der Waals surface area contributed by atoms with Crippen LogP contribution < -0.4 is 5.32 Å². The molecule has 0 saturated heterocycles. The molecule has 3 rings (SSSR count). The van der Waals surface area contributed by atoms with E-state index in [0.717, 1.165) is 16.7 Å². The number of carbonyl (C=O) groups excluding carboxylic acids is 2. The fourth-order valence-corrected chi connectivity index (χ4v) is 3.46. The number of carbonyl (C=O) groups is 2. The Morgan fingerprint density at radius 1 is 0.871 bits per heavy atom. The molecule has 1 atom stereocenters. The number of hydrogen-bond acceptors (Lipinski definition) is 2. The summed E-state index contributed by atoms with van der Waals surface area (Å²) in [6.07, 6.45) is 1.00. The van der Waals surface area contributed by atoms with Crippen molar-refractivity contribution >= 4 is 11.8 Å². The molecule has 160 valence electrons. The molecule has 0 aliphatic heterocycles. The number of halogens is 1. The van der Waals surface area contributed by atoms with Crippen LogP contribution in [0.2, 0.25) is 0 Å². The van der Waals surface area contributed by atoms with Crippen molar-refractivity contribution in [1.29, 1.82) is 0 Å². The number of nitrogens with zero attached hydrogens (tertiary/aromatic N) is 1. The molecule has 1 N–H and O–H groups in total. The fraction of sp³-hybridized carbons (Fsp3) is 0.231. The maximum absolute atomic E-state index is 13.4. The van der Waals surface area contributed by atoms with Crippen LogP contribution in [0.3, 0.4) is 0 Å². The van der Waals surface area contributed by atoms with E-state index < -0.39 is 6.04 Å². The summed E-state index contributed by atoms with van der Waals surface area (Å²) in [6, 6.07) is 24.2. The summed E-state index contributed by atoms with van der Waals surface area (Å²) in [5.74, 6) is -0.701. The van der Waals surface area contributed by atoms with E-state index in [2.05, 4.69) is 5.32 Å². The van der Waals surface area contributed by atoms with Crippen molar-refractivity contribution in [3.63, 3.8) is 0 Å². The minimum atomic E-state index is -0.783. The molecule has 3 aromatic carbocycles. The molecule has 3 aromatic rings. The summed E-state index contributed by atoms with van der Waals surface area (Å²) in [4.78, 5) is 28.0. The predicted molar refractivity (Wildman–Crippen MR) is 119 cm³/mol. The van der Waals surface area contributed by atoms with E-state index in [1.54, 1.807) is 17.0 Å². The molecule has 0 aliphatic carbocycles. The quantitative estimate of drug-likeness (QED) is 0.531. The van der Waals surface area contributed by atoms with E-state index in [1.165, 1.54) is 12.1 Å². The number of benzene rings is 3. The van der Waals surface area contributed by atoms with Gasteiger partial charge in [-0.3, -0.25) is 9.59 Å². The summed E-state index contributed by atoms with van der Waals surface area (Å²) < 4.78 is 13.4. The molecule has 0 heterocycles. The van der Waals surface area contributed by atoms with Crippen LogP contribution in [0.5, 0.6) is 0 Å². The Labute approximate surface area is 182 Å². The number of amides is 2. The maximum Gasteiger partial charge on any atom is 0.247 e. The molecule has 0 fully saturated rings. The minimum Gasteiger partial charge on any atom is -0.350 e. The Balaban J connectivity index is 1.91. The summed E-state index contributed by atoms with van der Waals surface area (Å²) in [6.45, 7) is 2.52. The van der Waals surface area contributed by atoms with Gasteiger partial charge in [-0.05, 0) is 35.2 Å². The zero-order chi connectivity index (χ0) is 22.1. The molecular weight excluding hydrogens is 391 g/mol. The summed E-state index contributed by atoms with van der Waals surface area (Å²) in [7, 11) is 0. The first-order valence-corrected chi connectivity index (χ1v) is 10.5. The van der Waals surface area contributed by atoms with Gasteiger partial charge in [-0.25, -0.2) is 4.39 Å². The van der Waals surface area contributed by atoms with E-state index in [-0.39, 0.29) is 24.2 Å². The van der Waals surface area contributed by atoms with Crippen LogP contribution in [0.25, 0.3) is 0 Å². The zero-order valence-corrected chi connectivity index (χ0v) is 17.6. The average Bonchev–Trinajstić information content (AvgIpc) is 2.80. The topological polar surface area (TPSA) is 49.4 Å². The highest BCUT2D eigenvalue weighted by Crippen LogP contribution is 2.25. The molecule has 5 heteroatoms. The Hall–Kier alpha value is -3.47. The molecule has 0 saturated carbocycles. The van der Waals surface area contributed by atoms with Crippen LogP contribution in [0.15, 0.2) is 84.9 Å². The molecular formula is C26H27FN2O2. The molecule has 0 aliphatic rings. The van der Waals surface area contributed by atoms with E-state index in [0.29, 0.717) is 19.4 Å². The van der Waals surface area contributed by atoms with Crippen molar-refractivity contribution < 1.29 is 14.0 Å². The second-order valence-electron chi connectivity index (χ2n) is 7.41. The highest BCUT2D eigenvalue weighted by Gasteiger charge is 2.31. The van der Waals surface area contributed by atoms with Crippen LogP contribution >= 0.6 is 0 Å². The first-order valence-electron chi connectivity index (χ1n) is 10.5. The lowest BCUT2D eigenvalue weighted by atomic mass is 10.0. The van der Waals surface area contributed by atoms with Crippen molar-refractivity contribution in [3.05, 3.63) is 107 Å². The lowest BCUT2D eigenvalue weighted by Crippen LogP contribution is -2.43. The van der Waals surface area contributed by atoms with Crippen LogP contribution in [0.4, 0.5) is 4.39 Å². The summed E-state index contributed by atoms with van der Waals surface area (Å²) in [5, 5.41) is 2.98. The first kappa shape index (κ1) is 22.2. The second kappa shape index (κ2) is 11.1. The Morgan fingerprint density at radius 2 is 1.48 bits per heavy atom. The maximum atomic E-state index is 13.4. The second-order valence-corrected chi connectivity index (χ2v) is 7.41. The molecule has 0 radical (unpaired) electrons. The molecule has 0 aromatic heterocycles. The minimum absolute atomic E-state index is 0.115. The smallest absolute Gasteiger partial charge is 0.247 e. The third-order valence-electron chi connectivity index (χ3n) is 5.04. The van der Waals surface area contributed by atoms with Crippen LogP contribution in [0, 0.1) is 5.82 Å². The third-order valence-corrected chi connectivity index (χ3v) is 5.04. The van der Waals surface area contributed by atoms with Gasteiger partial charge in [-0.15, -0.1) is 0 Å². The van der Waals surface area contributed by atoms with Gasteiger partial charge in [0.15, 0.2) is 0 Å². The van der Waals surface area contributed by atoms with Crippen LogP contribution in [-0.4, -0.2) is 16.7 Å². The molecule has 31 heavy (non-hydrogen) atoms. The largest absolute Gasteiger partial charge is 0.350 e. The van der Waals surface area contributed by atoms with E-state index in [9.17, 15) is 14.0 Å². The lowest BCUT2D eigenvalue weighted by molar-refractivity contribution is -0.141. The normalized spacial score (nSPS) is 11.5. The Bertz CT molecular complexity index is 975. The highest BCUT2D eigenvalue weighted by molar-refractivity contribution is 5.88. The fourth-order valence-electron chi connectivity index (χ4n) is 3.46. The average molecular weight is 419 g/mol. The zero-order valence-electron chi connectivity index (χ0n) is 17.6. The molecule has 2 amide bonds. The van der Waals surface area contributed by atoms with Gasteiger partial charge in [0.2, 0.25) is 11.8 Å². The third kappa shape index (κ3) is 6.25. The number of hydrogen-bond donors (Lipinski definition) is 1. The van der Waals surface area contributed by atoms with Gasteiger partial charge in [-0.2, -0.15) is 0 Å². The van der Waals surface area contributed by atoms with Crippen LogP contribution in [0.1, 0.15) is 42.5 Å². The van der Waals surface area contributed by atoms with Gasteiger partial charge in [0.1, 0.15) is 11.9 Å². The standard InChI is InChI=1S/C26H27FN2O2/c1-2-9-24(30)29(19-21-14-16-23(27)17-15-21)25(22-12-7-4-8-13-22)26(31)28-18-20-10-5-3-6-11-20/h3-8,10-17,25H,2,9,18-19H2,1H3,(H,28,31). The predicted octanol–water partition coefficient (Wildman–Crippen LogP) is 5.01. The SMILES string of the molecule is CCCC(=O)N(Cc1ccc(F)cc1)C(C(=O)NCc1ccccc1)c1ccccc1. The van der Waals surface area contributed by atoms with Gasteiger partial charge in [0, 0.05) is 19.5 Å². The summed E-state index contributed by atoms with van der Waals surface area (Å²) in [5.41, 5.74) is 2.48. The lowest BCUT2D eigenvalue weighted by Gasteiger charge is -2.31. The molecule has 1 unspecified atom stereocenters. The van der Waals surface area contributed by atoms with Crippen molar-refractivity contribution in [2.24, 2.45) is 0 Å². The van der Waals surface area contributed by atoms with Gasteiger partial charge < -0.3 is 10.2 Å². The van der Waals surface area contributed by atoms with Gasteiger partial charge in [-0.1, -0.05) is 79.7 Å². The molecule has 0 spiro atoms.